The fraction of sp³-hybridized carbons (Fsp3) is 0.346. The van der Waals surface area contributed by atoms with Crippen molar-refractivity contribution in [3.05, 3.63) is 166 Å². The molecule has 2 atom stereocenters. The molecule has 0 aromatic heterocycles. The molecular weight excluding hydrogens is 689 g/mol. The Bertz CT molecular complexity index is 1740. The van der Waals surface area contributed by atoms with Gasteiger partial charge < -0.3 is 19.7 Å². The quantitative estimate of drug-likeness (QED) is 0.0487. The third kappa shape index (κ3) is 13.7. The summed E-state index contributed by atoms with van der Waals surface area (Å²) in [6, 6.07) is 39.9. The molecule has 56 heavy (non-hydrogen) atoms. The summed E-state index contributed by atoms with van der Waals surface area (Å²) in [7, 11) is 0. The predicted molar refractivity (Wildman–Crippen MR) is 236 cm³/mol. The van der Waals surface area contributed by atoms with Crippen LogP contribution in [0, 0.1) is 0 Å². The van der Waals surface area contributed by atoms with Gasteiger partial charge in [0.15, 0.2) is 0 Å². The lowest BCUT2D eigenvalue weighted by atomic mass is 9.99. The first-order chi connectivity index (χ1) is 27.6. The van der Waals surface area contributed by atoms with E-state index in [1.165, 1.54) is 51.4 Å². The maximum Gasteiger partial charge on any atom is 0.127 e. The van der Waals surface area contributed by atoms with Crippen LogP contribution < -0.4 is 9.47 Å². The van der Waals surface area contributed by atoms with Gasteiger partial charge in [0.1, 0.15) is 23.7 Å². The lowest BCUT2D eigenvalue weighted by Crippen LogP contribution is -2.03. The number of unbranched alkanes of at least 4 members (excludes halogenated alkanes) is 10. The second kappa shape index (κ2) is 23.9. The lowest BCUT2D eigenvalue weighted by molar-refractivity contribution is 0.220. The minimum Gasteiger partial charge on any atom is -0.493 e. The van der Waals surface area contributed by atoms with E-state index in [1.54, 1.807) is 0 Å². The molecule has 0 radical (unpaired) electrons. The number of aliphatic hydroxyl groups is 2. The monoisotopic (exact) mass is 750 g/mol. The van der Waals surface area contributed by atoms with Crippen LogP contribution in [0.4, 0.5) is 0 Å². The Balaban J connectivity index is 1.38. The minimum atomic E-state index is -0.665. The Morgan fingerprint density at radius 3 is 1.12 bits per heavy atom. The molecule has 5 rings (SSSR count). The van der Waals surface area contributed by atoms with Crippen molar-refractivity contribution < 1.29 is 19.7 Å². The first-order valence-electron chi connectivity index (χ1n) is 21.0. The van der Waals surface area contributed by atoms with Gasteiger partial charge in [-0.05, 0) is 58.4 Å². The molecule has 0 aliphatic carbocycles. The van der Waals surface area contributed by atoms with Crippen LogP contribution in [0.2, 0.25) is 0 Å². The topological polar surface area (TPSA) is 58.9 Å². The van der Waals surface area contributed by atoms with Crippen LogP contribution in [-0.2, 0) is 0 Å². The molecule has 0 saturated carbocycles. The molecule has 0 heterocycles. The van der Waals surface area contributed by atoms with Crippen LogP contribution >= 0.6 is 0 Å². The fourth-order valence-corrected chi connectivity index (χ4v) is 6.84. The molecule has 0 amide bonds. The van der Waals surface area contributed by atoms with Crippen molar-refractivity contribution in [1.82, 2.24) is 0 Å². The number of benzene rings is 5. The smallest absolute Gasteiger partial charge is 0.127 e. The number of aliphatic hydroxyl groups excluding tert-OH is 2. The zero-order valence-corrected chi connectivity index (χ0v) is 33.6. The summed E-state index contributed by atoms with van der Waals surface area (Å²) in [5.74, 6) is 1.66. The van der Waals surface area contributed by atoms with Crippen molar-refractivity contribution >= 4 is 24.3 Å². The first kappa shape index (κ1) is 42.2. The van der Waals surface area contributed by atoms with Crippen LogP contribution in [0.1, 0.15) is 148 Å². The Morgan fingerprint density at radius 1 is 0.411 bits per heavy atom. The summed E-state index contributed by atoms with van der Waals surface area (Å²) in [6.45, 7) is 5.81. The Hall–Kier alpha value is -4.90. The molecule has 0 bridgehead atoms. The SMILES string of the molecule is CCCCCCCCOc1cc(C=Cc2ccc(C(O)c3ccccc3)cc2)c(OCCCCCCCC)cc1C=Cc1ccc(C(O)c2ccccc2)cc1. The van der Waals surface area contributed by atoms with Crippen LogP contribution in [0.25, 0.3) is 24.3 Å². The number of hydrogen-bond acceptors (Lipinski definition) is 4. The van der Waals surface area contributed by atoms with Crippen molar-refractivity contribution in [3.63, 3.8) is 0 Å². The third-order valence-electron chi connectivity index (χ3n) is 10.3. The minimum absolute atomic E-state index is 0.658. The van der Waals surface area contributed by atoms with Crippen LogP contribution in [0.3, 0.4) is 0 Å². The molecule has 5 aromatic carbocycles. The number of rotatable bonds is 24. The van der Waals surface area contributed by atoms with Gasteiger partial charge in [0.05, 0.1) is 13.2 Å². The molecule has 0 aliphatic rings. The number of ether oxygens (including phenoxy) is 2. The maximum atomic E-state index is 10.9. The molecule has 0 spiro atoms. The molecule has 2 unspecified atom stereocenters. The average molecular weight is 751 g/mol. The molecule has 5 aromatic rings. The maximum absolute atomic E-state index is 10.9. The average Bonchev–Trinajstić information content (AvgIpc) is 3.25. The van der Waals surface area contributed by atoms with Crippen molar-refractivity contribution in [2.45, 2.75) is 103 Å². The van der Waals surface area contributed by atoms with Crippen molar-refractivity contribution in [2.75, 3.05) is 13.2 Å². The van der Waals surface area contributed by atoms with E-state index in [2.05, 4.69) is 50.3 Å². The summed E-state index contributed by atoms with van der Waals surface area (Å²) in [6.07, 6.45) is 21.5. The summed E-state index contributed by atoms with van der Waals surface area (Å²) in [5.41, 5.74) is 7.50. The van der Waals surface area contributed by atoms with Crippen molar-refractivity contribution in [3.8, 4) is 11.5 Å². The molecule has 294 valence electrons. The van der Waals surface area contributed by atoms with Crippen LogP contribution in [0.15, 0.2) is 121 Å². The second-order valence-corrected chi connectivity index (χ2v) is 14.8. The van der Waals surface area contributed by atoms with Gasteiger partial charge in [-0.25, -0.2) is 0 Å². The fourth-order valence-electron chi connectivity index (χ4n) is 6.84. The predicted octanol–water partition coefficient (Wildman–Crippen LogP) is 13.7. The van der Waals surface area contributed by atoms with E-state index < -0.39 is 12.2 Å². The van der Waals surface area contributed by atoms with E-state index in [0.29, 0.717) is 13.2 Å². The van der Waals surface area contributed by atoms with Gasteiger partial charge in [-0.15, -0.1) is 0 Å². The molecule has 0 fully saturated rings. The highest BCUT2D eigenvalue weighted by atomic mass is 16.5. The highest BCUT2D eigenvalue weighted by molar-refractivity contribution is 5.79. The van der Waals surface area contributed by atoms with E-state index in [4.69, 9.17) is 9.47 Å². The number of hydrogen-bond donors (Lipinski definition) is 2. The standard InChI is InChI=1S/C52H62O4/c1-3-5-7-9-11-19-37-55-49-39-48(36-30-42-27-33-46(34-28-42)52(54)44-23-17-14-18-24-44)50(56-38-20-12-10-8-6-4-2)40-47(49)35-29-41-25-31-45(32-26-41)51(53)43-21-15-13-16-22-43/h13-18,21-36,39-40,51-54H,3-12,19-20,37-38H2,1-2H3. The van der Waals surface area contributed by atoms with Crippen LogP contribution in [0.5, 0.6) is 11.5 Å². The molecule has 4 nitrogen and oxygen atoms in total. The zero-order valence-electron chi connectivity index (χ0n) is 33.6. The highest BCUT2D eigenvalue weighted by Gasteiger charge is 2.13. The molecule has 0 saturated heterocycles. The Labute approximate surface area is 336 Å². The molecule has 0 aliphatic heterocycles. The summed E-state index contributed by atoms with van der Waals surface area (Å²) in [5, 5.41) is 21.8. The highest BCUT2D eigenvalue weighted by Crippen LogP contribution is 2.33. The van der Waals surface area contributed by atoms with Gasteiger partial charge in [0.25, 0.3) is 0 Å². The Morgan fingerprint density at radius 2 is 0.750 bits per heavy atom. The van der Waals surface area contributed by atoms with Crippen molar-refractivity contribution in [2.24, 2.45) is 0 Å². The third-order valence-corrected chi connectivity index (χ3v) is 10.3. The normalized spacial score (nSPS) is 12.6. The largest absolute Gasteiger partial charge is 0.493 e. The van der Waals surface area contributed by atoms with Gasteiger partial charge in [0.2, 0.25) is 0 Å². The Kier molecular flexibility index (Phi) is 18.0. The van der Waals surface area contributed by atoms with Gasteiger partial charge in [-0.2, -0.15) is 0 Å². The molecular formula is C52H62O4. The van der Waals surface area contributed by atoms with Gasteiger partial charge >= 0.3 is 0 Å². The van der Waals surface area contributed by atoms with E-state index in [0.717, 1.165) is 81.7 Å². The zero-order chi connectivity index (χ0) is 39.2. The second-order valence-electron chi connectivity index (χ2n) is 14.8. The summed E-state index contributed by atoms with van der Waals surface area (Å²) >= 11 is 0. The van der Waals surface area contributed by atoms with Crippen LogP contribution in [-0.4, -0.2) is 23.4 Å². The van der Waals surface area contributed by atoms with Gasteiger partial charge in [0, 0.05) is 11.1 Å². The van der Waals surface area contributed by atoms with E-state index in [-0.39, 0.29) is 0 Å². The van der Waals surface area contributed by atoms with E-state index in [9.17, 15) is 10.2 Å². The van der Waals surface area contributed by atoms with Crippen molar-refractivity contribution in [1.29, 1.82) is 0 Å². The van der Waals surface area contributed by atoms with E-state index >= 15 is 0 Å². The van der Waals surface area contributed by atoms with Gasteiger partial charge in [-0.1, -0.05) is 212 Å². The molecule has 2 N–H and O–H groups in total. The summed E-state index contributed by atoms with van der Waals surface area (Å²) in [4.78, 5) is 0. The van der Waals surface area contributed by atoms with E-state index in [1.807, 2.05) is 109 Å². The summed E-state index contributed by atoms with van der Waals surface area (Å²) < 4.78 is 13.1. The first-order valence-corrected chi connectivity index (χ1v) is 21.0. The van der Waals surface area contributed by atoms with Gasteiger partial charge in [-0.3, -0.25) is 0 Å². The molecule has 4 heteroatoms. The lowest BCUT2D eigenvalue weighted by Gasteiger charge is -2.16.